The van der Waals surface area contributed by atoms with Gasteiger partial charge in [0.05, 0.1) is 18.8 Å². The summed E-state index contributed by atoms with van der Waals surface area (Å²) >= 11 is 0. The molecular weight excluding hydrogens is 162 g/mol. The first-order valence-corrected chi connectivity index (χ1v) is 3.88. The number of ether oxygens (including phenoxy) is 2. The smallest absolute Gasteiger partial charge is 0.184 e. The zero-order valence-corrected chi connectivity index (χ0v) is 7.23. The van der Waals surface area contributed by atoms with Gasteiger partial charge in [-0.15, -0.1) is 0 Å². The fraction of sp³-hybridized carbons (Fsp3) is 1.00. The normalized spacial score (nSPS) is 43.0. The highest BCUT2D eigenvalue weighted by molar-refractivity contribution is 4.87. The van der Waals surface area contributed by atoms with E-state index in [0.717, 1.165) is 0 Å². The van der Waals surface area contributed by atoms with E-state index in [4.69, 9.17) is 9.47 Å². The van der Waals surface area contributed by atoms with Crippen LogP contribution in [0.1, 0.15) is 0 Å². The molecular formula is C7H15NO4. The average molecular weight is 177 g/mol. The fourth-order valence-electron chi connectivity index (χ4n) is 1.36. The summed E-state index contributed by atoms with van der Waals surface area (Å²) in [5.74, 6) is 0. The van der Waals surface area contributed by atoms with Gasteiger partial charge in [0.15, 0.2) is 6.29 Å². The summed E-state index contributed by atoms with van der Waals surface area (Å²) in [6, 6.07) is -0.385. The molecule has 0 spiro atoms. The van der Waals surface area contributed by atoms with Crippen LogP contribution >= 0.6 is 0 Å². The minimum atomic E-state index is -0.830. The zero-order chi connectivity index (χ0) is 9.14. The van der Waals surface area contributed by atoms with E-state index < -0.39 is 18.5 Å². The molecule has 12 heavy (non-hydrogen) atoms. The van der Waals surface area contributed by atoms with Crippen LogP contribution in [0.15, 0.2) is 0 Å². The van der Waals surface area contributed by atoms with Gasteiger partial charge in [-0.2, -0.15) is 0 Å². The molecule has 1 rings (SSSR count). The molecule has 0 bridgehead atoms. The summed E-state index contributed by atoms with van der Waals surface area (Å²) in [5.41, 5.74) is 0. The third kappa shape index (κ3) is 1.75. The first-order valence-electron chi connectivity index (χ1n) is 3.88. The lowest BCUT2D eigenvalue weighted by atomic mass is 10.0. The lowest BCUT2D eigenvalue weighted by molar-refractivity contribution is -0.235. The zero-order valence-electron chi connectivity index (χ0n) is 7.23. The number of nitrogens with one attached hydrogen (secondary N) is 1. The third-order valence-electron chi connectivity index (χ3n) is 2.06. The number of hydrogen-bond acceptors (Lipinski definition) is 5. The van der Waals surface area contributed by atoms with Crippen molar-refractivity contribution in [2.75, 3.05) is 20.8 Å². The van der Waals surface area contributed by atoms with E-state index in [2.05, 4.69) is 5.32 Å². The van der Waals surface area contributed by atoms with Crippen LogP contribution in [0.5, 0.6) is 0 Å². The molecule has 3 N–H and O–H groups in total. The molecule has 1 saturated heterocycles. The van der Waals surface area contributed by atoms with Crippen molar-refractivity contribution in [1.82, 2.24) is 5.32 Å². The highest BCUT2D eigenvalue weighted by Gasteiger charge is 2.37. The Bertz CT molecular complexity index is 143. The molecule has 1 aliphatic heterocycles. The first kappa shape index (κ1) is 9.88. The first-order chi connectivity index (χ1) is 5.70. The standard InChI is InChI=1S/C7H15NO4/c1-8-5-4(9)3-12-7(11-2)6(5)10/h4-10H,3H2,1-2H3. The molecule has 0 aromatic rings. The number of rotatable bonds is 2. The van der Waals surface area contributed by atoms with E-state index in [9.17, 15) is 10.2 Å². The van der Waals surface area contributed by atoms with Gasteiger partial charge >= 0.3 is 0 Å². The van der Waals surface area contributed by atoms with E-state index in [-0.39, 0.29) is 12.6 Å². The van der Waals surface area contributed by atoms with Crippen LogP contribution in [0.25, 0.3) is 0 Å². The Morgan fingerprint density at radius 1 is 1.50 bits per heavy atom. The fourth-order valence-corrected chi connectivity index (χ4v) is 1.36. The minimum Gasteiger partial charge on any atom is -0.389 e. The van der Waals surface area contributed by atoms with E-state index >= 15 is 0 Å². The largest absolute Gasteiger partial charge is 0.389 e. The van der Waals surface area contributed by atoms with E-state index in [1.165, 1.54) is 7.11 Å². The van der Waals surface area contributed by atoms with Gasteiger partial charge in [0.2, 0.25) is 0 Å². The maximum Gasteiger partial charge on any atom is 0.184 e. The van der Waals surface area contributed by atoms with Crippen molar-refractivity contribution in [3.63, 3.8) is 0 Å². The summed E-state index contributed by atoms with van der Waals surface area (Å²) < 4.78 is 9.88. The summed E-state index contributed by atoms with van der Waals surface area (Å²) in [6.45, 7) is 0.182. The molecule has 0 radical (unpaired) electrons. The molecule has 0 amide bonds. The second-order valence-electron chi connectivity index (χ2n) is 2.81. The van der Waals surface area contributed by atoms with Crippen LogP contribution in [0.4, 0.5) is 0 Å². The Labute approximate surface area is 71.3 Å². The van der Waals surface area contributed by atoms with Crippen molar-refractivity contribution in [3.05, 3.63) is 0 Å². The average Bonchev–Trinajstić information content (AvgIpc) is 2.06. The SMILES string of the molecule is CNC1C(O)COC(OC)C1O. The predicted molar refractivity (Wildman–Crippen MR) is 41.6 cm³/mol. The number of aliphatic hydroxyl groups is 2. The second-order valence-corrected chi connectivity index (χ2v) is 2.81. The molecule has 5 nitrogen and oxygen atoms in total. The Balaban J connectivity index is 2.56. The molecule has 4 unspecified atom stereocenters. The lowest BCUT2D eigenvalue weighted by Gasteiger charge is -2.36. The summed E-state index contributed by atoms with van der Waals surface area (Å²) in [7, 11) is 3.13. The molecule has 0 aromatic heterocycles. The van der Waals surface area contributed by atoms with Gasteiger partial charge in [0.25, 0.3) is 0 Å². The van der Waals surface area contributed by atoms with Gasteiger partial charge in [-0.25, -0.2) is 0 Å². The van der Waals surface area contributed by atoms with E-state index in [0.29, 0.717) is 0 Å². The summed E-state index contributed by atoms with van der Waals surface area (Å²) in [6.07, 6.45) is -2.16. The molecule has 1 aliphatic rings. The van der Waals surface area contributed by atoms with Crippen LogP contribution < -0.4 is 5.32 Å². The summed E-state index contributed by atoms with van der Waals surface area (Å²) in [4.78, 5) is 0. The number of hydrogen-bond donors (Lipinski definition) is 3. The third-order valence-corrected chi connectivity index (χ3v) is 2.06. The molecule has 0 aliphatic carbocycles. The highest BCUT2D eigenvalue weighted by Crippen LogP contribution is 2.15. The Hall–Kier alpha value is -0.200. The molecule has 4 atom stereocenters. The number of aliphatic hydroxyl groups excluding tert-OH is 2. The van der Waals surface area contributed by atoms with Crippen molar-refractivity contribution < 1.29 is 19.7 Å². The van der Waals surface area contributed by atoms with Crippen LogP contribution in [0.3, 0.4) is 0 Å². The monoisotopic (exact) mass is 177 g/mol. The van der Waals surface area contributed by atoms with E-state index in [1.54, 1.807) is 7.05 Å². The van der Waals surface area contributed by atoms with Crippen molar-refractivity contribution in [3.8, 4) is 0 Å². The quantitative estimate of drug-likeness (QED) is 0.469. The highest BCUT2D eigenvalue weighted by atomic mass is 16.7. The molecule has 72 valence electrons. The molecule has 1 fully saturated rings. The lowest BCUT2D eigenvalue weighted by Crippen LogP contribution is -2.58. The van der Waals surface area contributed by atoms with Crippen molar-refractivity contribution in [2.24, 2.45) is 0 Å². The predicted octanol–water partition coefficient (Wildman–Crippen LogP) is -1.70. The van der Waals surface area contributed by atoms with Crippen LogP contribution in [0, 0.1) is 0 Å². The topological polar surface area (TPSA) is 71.0 Å². The van der Waals surface area contributed by atoms with Crippen molar-refractivity contribution >= 4 is 0 Å². The van der Waals surface area contributed by atoms with Crippen molar-refractivity contribution in [1.29, 1.82) is 0 Å². The van der Waals surface area contributed by atoms with Crippen molar-refractivity contribution in [2.45, 2.75) is 24.5 Å². The van der Waals surface area contributed by atoms with Crippen LogP contribution in [-0.2, 0) is 9.47 Å². The van der Waals surface area contributed by atoms with Gasteiger partial charge in [-0.3, -0.25) is 0 Å². The summed E-state index contributed by atoms with van der Waals surface area (Å²) in [5, 5.41) is 21.7. The van der Waals surface area contributed by atoms with Crippen LogP contribution in [-0.4, -0.2) is 55.5 Å². The van der Waals surface area contributed by atoms with Gasteiger partial charge in [-0.1, -0.05) is 0 Å². The molecule has 5 heteroatoms. The molecule has 1 heterocycles. The second kappa shape index (κ2) is 4.15. The maximum atomic E-state index is 9.53. The Morgan fingerprint density at radius 3 is 2.67 bits per heavy atom. The van der Waals surface area contributed by atoms with Gasteiger partial charge in [0, 0.05) is 7.11 Å². The van der Waals surface area contributed by atoms with E-state index in [1.807, 2.05) is 0 Å². The Morgan fingerprint density at radius 2 is 2.17 bits per heavy atom. The molecule has 0 saturated carbocycles. The molecule has 0 aromatic carbocycles. The number of likely N-dealkylation sites (N-methyl/N-ethyl adjacent to an activating group) is 1. The Kier molecular flexibility index (Phi) is 3.42. The van der Waals surface area contributed by atoms with Gasteiger partial charge in [-0.05, 0) is 7.05 Å². The van der Waals surface area contributed by atoms with Gasteiger partial charge in [0.1, 0.15) is 6.10 Å². The minimum absolute atomic E-state index is 0.182. The maximum absolute atomic E-state index is 9.53. The number of methoxy groups -OCH3 is 1. The van der Waals surface area contributed by atoms with Gasteiger partial charge < -0.3 is 25.0 Å². The van der Waals surface area contributed by atoms with Crippen LogP contribution in [0.2, 0.25) is 0 Å².